The van der Waals surface area contributed by atoms with Crippen LogP contribution in [0.3, 0.4) is 0 Å². The van der Waals surface area contributed by atoms with Gasteiger partial charge in [-0.15, -0.1) is 0 Å². The summed E-state index contributed by atoms with van der Waals surface area (Å²) < 4.78 is 0. The van der Waals surface area contributed by atoms with E-state index in [1.165, 1.54) is 5.56 Å². The lowest BCUT2D eigenvalue weighted by Gasteiger charge is -2.26. The first-order valence-corrected chi connectivity index (χ1v) is 8.49. The van der Waals surface area contributed by atoms with Gasteiger partial charge in [-0.05, 0) is 55.6 Å². The molecule has 0 spiro atoms. The molecule has 0 saturated heterocycles. The molecule has 1 aromatic rings. The summed E-state index contributed by atoms with van der Waals surface area (Å²) >= 11 is 0. The van der Waals surface area contributed by atoms with Gasteiger partial charge in [-0.2, -0.15) is 0 Å². The number of carbonyl (C=O) groups excluding carboxylic acids is 1. The van der Waals surface area contributed by atoms with Crippen LogP contribution in [0.25, 0.3) is 0 Å². The molecule has 23 heavy (non-hydrogen) atoms. The average molecular weight is 321 g/mol. The number of benzene rings is 1. The van der Waals surface area contributed by atoms with E-state index >= 15 is 0 Å². The van der Waals surface area contributed by atoms with Crippen molar-refractivity contribution in [3.63, 3.8) is 0 Å². The fourth-order valence-electron chi connectivity index (χ4n) is 3.25. The van der Waals surface area contributed by atoms with E-state index in [-0.39, 0.29) is 18.4 Å². The van der Waals surface area contributed by atoms with Gasteiger partial charge in [0.15, 0.2) is 0 Å². The van der Waals surface area contributed by atoms with E-state index in [2.05, 4.69) is 12.1 Å². The van der Waals surface area contributed by atoms with Crippen molar-refractivity contribution in [2.75, 3.05) is 0 Å². The number of nitrogens with one attached hydrogen (secondary N) is 1. The minimum Gasteiger partial charge on any atom is -0.393 e. The number of carbonyl (C=O) groups is 1. The van der Waals surface area contributed by atoms with Crippen LogP contribution in [0.2, 0.25) is 0 Å². The van der Waals surface area contributed by atoms with Gasteiger partial charge in [0, 0.05) is 6.42 Å². The predicted molar refractivity (Wildman–Crippen MR) is 87.0 cm³/mol. The van der Waals surface area contributed by atoms with E-state index in [0.29, 0.717) is 18.8 Å². The topological polar surface area (TPSA) is 89.8 Å². The zero-order valence-corrected chi connectivity index (χ0v) is 13.4. The molecule has 1 amide bonds. The summed E-state index contributed by atoms with van der Waals surface area (Å²) in [7, 11) is 0. The predicted octanol–water partition coefficient (Wildman–Crippen LogP) is 2.80. The Morgan fingerprint density at radius 3 is 2.39 bits per heavy atom. The molecule has 0 aromatic heterocycles. The van der Waals surface area contributed by atoms with E-state index in [1.54, 1.807) is 5.48 Å². The van der Waals surface area contributed by atoms with Crippen molar-refractivity contribution in [1.82, 2.24) is 5.48 Å². The minimum absolute atomic E-state index is 0.139. The van der Waals surface area contributed by atoms with Crippen LogP contribution in [0, 0.1) is 0 Å². The smallest absolute Gasteiger partial charge is 0.243 e. The summed E-state index contributed by atoms with van der Waals surface area (Å²) in [5, 5.41) is 28.2. The number of aliphatic hydroxyl groups is 2. The van der Waals surface area contributed by atoms with Gasteiger partial charge >= 0.3 is 0 Å². The number of amides is 1. The Labute approximate surface area is 137 Å². The molecule has 1 fully saturated rings. The van der Waals surface area contributed by atoms with Crippen molar-refractivity contribution < 1.29 is 20.2 Å². The van der Waals surface area contributed by atoms with Crippen LogP contribution in [0.15, 0.2) is 24.3 Å². The van der Waals surface area contributed by atoms with E-state index in [0.717, 1.165) is 37.7 Å². The fourth-order valence-corrected chi connectivity index (χ4v) is 3.25. The molecule has 4 N–H and O–H groups in total. The van der Waals surface area contributed by atoms with E-state index in [1.807, 2.05) is 12.1 Å². The maximum Gasteiger partial charge on any atom is 0.243 e. The van der Waals surface area contributed by atoms with Crippen LogP contribution in [-0.4, -0.2) is 27.4 Å². The average Bonchev–Trinajstić information content (AvgIpc) is 2.59. The lowest BCUT2D eigenvalue weighted by atomic mass is 9.82. The second-order valence-corrected chi connectivity index (χ2v) is 6.47. The Morgan fingerprint density at radius 2 is 1.78 bits per heavy atom. The summed E-state index contributed by atoms with van der Waals surface area (Å²) in [4.78, 5) is 10.9. The minimum atomic E-state index is -0.519. The molecule has 1 unspecified atom stereocenters. The monoisotopic (exact) mass is 321 g/mol. The molecular formula is C18H27NO4. The van der Waals surface area contributed by atoms with E-state index in [9.17, 15) is 15.0 Å². The number of hydroxylamine groups is 1. The van der Waals surface area contributed by atoms with Gasteiger partial charge in [0.1, 0.15) is 0 Å². The van der Waals surface area contributed by atoms with Crippen LogP contribution in [-0.2, 0) is 4.79 Å². The zero-order valence-electron chi connectivity index (χ0n) is 13.4. The standard InChI is InChI=1S/C18H27NO4/c20-16-11-9-14(10-12-16)13-5-7-15(8-6-13)17(21)3-1-2-4-18(22)19-23/h5-8,14,16-17,20-21,23H,1-4,9-12H2,(H,19,22). The Hall–Kier alpha value is -1.43. The Kier molecular flexibility index (Phi) is 7.02. The van der Waals surface area contributed by atoms with Gasteiger partial charge < -0.3 is 10.2 Å². The molecule has 0 heterocycles. The summed E-state index contributed by atoms with van der Waals surface area (Å²) in [5.74, 6) is 0.128. The van der Waals surface area contributed by atoms with Gasteiger partial charge in [-0.25, -0.2) is 5.48 Å². The van der Waals surface area contributed by atoms with Gasteiger partial charge in [0.2, 0.25) is 5.91 Å². The highest BCUT2D eigenvalue weighted by Crippen LogP contribution is 2.33. The summed E-state index contributed by atoms with van der Waals surface area (Å²) in [6, 6.07) is 8.12. The van der Waals surface area contributed by atoms with Gasteiger partial charge in [0.05, 0.1) is 12.2 Å². The largest absolute Gasteiger partial charge is 0.393 e. The fraction of sp³-hybridized carbons (Fsp3) is 0.611. The molecule has 0 bridgehead atoms. The summed E-state index contributed by atoms with van der Waals surface area (Å²) in [6.07, 6.45) is 5.39. The van der Waals surface area contributed by atoms with Crippen molar-refractivity contribution >= 4 is 5.91 Å². The van der Waals surface area contributed by atoms with Crippen LogP contribution in [0.4, 0.5) is 0 Å². The second-order valence-electron chi connectivity index (χ2n) is 6.47. The van der Waals surface area contributed by atoms with Gasteiger partial charge in [-0.1, -0.05) is 30.7 Å². The number of hydrogen-bond donors (Lipinski definition) is 4. The maximum atomic E-state index is 10.9. The molecular weight excluding hydrogens is 294 g/mol. The molecule has 1 aromatic carbocycles. The highest BCUT2D eigenvalue weighted by molar-refractivity contribution is 5.74. The van der Waals surface area contributed by atoms with Crippen molar-refractivity contribution in [1.29, 1.82) is 0 Å². The molecule has 5 heteroatoms. The van der Waals surface area contributed by atoms with Gasteiger partial charge in [-0.3, -0.25) is 10.0 Å². The molecule has 0 aliphatic heterocycles. The quantitative estimate of drug-likeness (QED) is 0.353. The van der Waals surface area contributed by atoms with Crippen molar-refractivity contribution in [3.05, 3.63) is 35.4 Å². The normalized spacial score (nSPS) is 22.6. The molecule has 1 aliphatic carbocycles. The van der Waals surface area contributed by atoms with E-state index < -0.39 is 6.10 Å². The number of unbranched alkanes of at least 4 members (excludes halogenated alkanes) is 1. The van der Waals surface area contributed by atoms with Crippen LogP contribution < -0.4 is 5.48 Å². The molecule has 1 saturated carbocycles. The lowest BCUT2D eigenvalue weighted by molar-refractivity contribution is -0.129. The first-order chi connectivity index (χ1) is 11.1. The number of hydrogen-bond acceptors (Lipinski definition) is 4. The molecule has 5 nitrogen and oxygen atoms in total. The van der Waals surface area contributed by atoms with Crippen LogP contribution in [0.5, 0.6) is 0 Å². The molecule has 2 rings (SSSR count). The molecule has 128 valence electrons. The summed E-state index contributed by atoms with van der Waals surface area (Å²) in [5.41, 5.74) is 3.79. The first kappa shape index (κ1) is 17.9. The maximum absolute atomic E-state index is 10.9. The summed E-state index contributed by atoms with van der Waals surface area (Å²) in [6.45, 7) is 0. The lowest BCUT2D eigenvalue weighted by Crippen LogP contribution is -2.17. The zero-order chi connectivity index (χ0) is 16.7. The third-order valence-corrected chi connectivity index (χ3v) is 4.75. The Bertz CT molecular complexity index is 480. The van der Waals surface area contributed by atoms with Gasteiger partial charge in [0.25, 0.3) is 0 Å². The van der Waals surface area contributed by atoms with Crippen LogP contribution >= 0.6 is 0 Å². The Balaban J connectivity index is 1.78. The third kappa shape index (κ3) is 5.61. The molecule has 1 aliphatic rings. The highest BCUT2D eigenvalue weighted by atomic mass is 16.5. The highest BCUT2D eigenvalue weighted by Gasteiger charge is 2.20. The molecule has 1 atom stereocenters. The van der Waals surface area contributed by atoms with Crippen molar-refractivity contribution in [2.45, 2.75) is 69.5 Å². The van der Waals surface area contributed by atoms with E-state index in [4.69, 9.17) is 5.21 Å². The Morgan fingerprint density at radius 1 is 1.13 bits per heavy atom. The van der Waals surface area contributed by atoms with Crippen molar-refractivity contribution in [2.24, 2.45) is 0 Å². The third-order valence-electron chi connectivity index (χ3n) is 4.75. The number of rotatable bonds is 7. The molecule has 0 radical (unpaired) electrons. The number of aliphatic hydroxyl groups excluding tert-OH is 2. The van der Waals surface area contributed by atoms with Crippen LogP contribution in [0.1, 0.15) is 74.5 Å². The van der Waals surface area contributed by atoms with Crippen molar-refractivity contribution in [3.8, 4) is 0 Å². The second kappa shape index (κ2) is 9.01. The SMILES string of the molecule is O=C(CCCCC(O)c1ccc(C2CCC(O)CC2)cc1)NO. The first-order valence-electron chi connectivity index (χ1n) is 8.49.